The summed E-state index contributed by atoms with van der Waals surface area (Å²) in [5.41, 5.74) is 0. The highest BCUT2D eigenvalue weighted by atomic mass is 16.6. The van der Waals surface area contributed by atoms with Gasteiger partial charge in [-0.2, -0.15) is 0 Å². The molecule has 2 aliphatic heterocycles. The Hall–Kier alpha value is -1.55. The third-order valence-electron chi connectivity index (χ3n) is 8.02. The first-order valence-corrected chi connectivity index (χ1v) is 13.2. The van der Waals surface area contributed by atoms with Gasteiger partial charge >= 0.3 is 5.97 Å². The van der Waals surface area contributed by atoms with E-state index in [2.05, 4.69) is 0 Å². The van der Waals surface area contributed by atoms with Crippen LogP contribution < -0.4 is 0 Å². The molecule has 0 radical (unpaired) electrons. The van der Waals surface area contributed by atoms with Crippen molar-refractivity contribution in [2.24, 2.45) is 17.8 Å². The molecule has 0 aromatic heterocycles. The molecule has 200 valence electrons. The second-order valence-electron chi connectivity index (χ2n) is 10.9. The predicted molar refractivity (Wildman–Crippen MR) is 127 cm³/mol. The molecular formula is C26H43NO8. The van der Waals surface area contributed by atoms with Crippen LogP contribution in [-0.2, 0) is 28.6 Å². The molecule has 35 heavy (non-hydrogen) atoms. The molecule has 1 amide bonds. The van der Waals surface area contributed by atoms with Gasteiger partial charge in [-0.3, -0.25) is 9.59 Å². The number of ketones is 1. The van der Waals surface area contributed by atoms with Crippen LogP contribution in [0.15, 0.2) is 0 Å². The number of hydrogen-bond acceptors (Lipinski definition) is 8. The number of rotatable bonds is 8. The second-order valence-corrected chi connectivity index (χ2v) is 10.9. The van der Waals surface area contributed by atoms with Gasteiger partial charge in [-0.15, -0.1) is 0 Å². The van der Waals surface area contributed by atoms with Gasteiger partial charge in [-0.05, 0) is 76.5 Å². The van der Waals surface area contributed by atoms with Crippen molar-refractivity contribution in [3.8, 4) is 0 Å². The Morgan fingerprint density at radius 1 is 1.11 bits per heavy atom. The van der Waals surface area contributed by atoms with Gasteiger partial charge in [0.1, 0.15) is 6.04 Å². The first-order chi connectivity index (χ1) is 16.6. The lowest BCUT2D eigenvalue weighted by Crippen LogP contribution is -2.60. The van der Waals surface area contributed by atoms with E-state index >= 15 is 0 Å². The molecule has 2 saturated heterocycles. The normalized spacial score (nSPS) is 36.9. The molecule has 0 spiro atoms. The van der Waals surface area contributed by atoms with E-state index in [1.807, 2.05) is 6.92 Å². The number of esters is 1. The third kappa shape index (κ3) is 6.61. The maximum atomic E-state index is 13.2. The number of likely N-dealkylation sites (tertiary alicyclic amines) is 1. The maximum Gasteiger partial charge on any atom is 0.328 e. The van der Waals surface area contributed by atoms with Gasteiger partial charge in [0.05, 0.1) is 24.9 Å². The Balaban J connectivity index is 1.56. The number of aliphatic hydroxyl groups is 2. The molecule has 3 aliphatic rings. The number of ether oxygens (including phenoxy) is 3. The van der Waals surface area contributed by atoms with Gasteiger partial charge in [0.15, 0.2) is 0 Å². The summed E-state index contributed by atoms with van der Waals surface area (Å²) in [6.45, 7) is 5.97. The summed E-state index contributed by atoms with van der Waals surface area (Å²) in [5, 5.41) is 20.9. The molecule has 0 aromatic carbocycles. The van der Waals surface area contributed by atoms with Crippen molar-refractivity contribution < 1.29 is 38.8 Å². The minimum atomic E-state index is -2.16. The van der Waals surface area contributed by atoms with Crippen LogP contribution in [0.1, 0.15) is 78.6 Å². The molecule has 2 N–H and O–H groups in total. The van der Waals surface area contributed by atoms with Gasteiger partial charge in [-0.1, -0.05) is 13.8 Å². The van der Waals surface area contributed by atoms with E-state index in [4.69, 9.17) is 14.2 Å². The molecule has 0 aromatic rings. The van der Waals surface area contributed by atoms with Gasteiger partial charge in [0, 0.05) is 19.6 Å². The monoisotopic (exact) mass is 497 g/mol. The second kappa shape index (κ2) is 12.1. The Kier molecular flexibility index (Phi) is 9.71. The van der Waals surface area contributed by atoms with Crippen LogP contribution in [0.3, 0.4) is 0 Å². The summed E-state index contributed by atoms with van der Waals surface area (Å²) < 4.78 is 16.5. The fraction of sp³-hybridized carbons (Fsp3) is 0.885. The third-order valence-corrected chi connectivity index (χ3v) is 8.02. The SMILES string of the molecule is COC1CC(CC(C)COC(=O)C2CCCCN2C(=O)C(=O)C2(O)OC(C)CCC2C)CCC1O. The number of Topliss-reactive ketones (excluding diaryl/α,β-unsaturated/α-hetero) is 1. The number of carbonyl (C=O) groups is 3. The van der Waals surface area contributed by atoms with Crippen LogP contribution >= 0.6 is 0 Å². The van der Waals surface area contributed by atoms with E-state index in [9.17, 15) is 24.6 Å². The average molecular weight is 498 g/mol. The van der Waals surface area contributed by atoms with Crippen molar-refractivity contribution in [2.75, 3.05) is 20.3 Å². The Bertz CT molecular complexity index is 760. The van der Waals surface area contributed by atoms with Crippen molar-refractivity contribution in [1.82, 2.24) is 4.90 Å². The fourth-order valence-electron chi connectivity index (χ4n) is 5.76. The van der Waals surface area contributed by atoms with E-state index in [0.717, 1.165) is 25.7 Å². The molecule has 9 nitrogen and oxygen atoms in total. The van der Waals surface area contributed by atoms with Gasteiger partial charge < -0.3 is 29.3 Å². The zero-order chi connectivity index (χ0) is 25.8. The Morgan fingerprint density at radius 3 is 2.57 bits per heavy atom. The van der Waals surface area contributed by atoms with E-state index in [0.29, 0.717) is 38.0 Å². The van der Waals surface area contributed by atoms with Crippen molar-refractivity contribution in [1.29, 1.82) is 0 Å². The summed E-state index contributed by atoms with van der Waals surface area (Å²) in [7, 11) is 1.61. The standard InChI is InChI=1S/C26H43NO8/c1-16(13-19-10-11-21(28)22(14-19)33-4)15-34-25(31)20-7-5-6-12-27(20)24(30)23(29)26(32)17(2)8-9-18(3)35-26/h16-22,28,32H,5-15H2,1-4H3. The topological polar surface area (TPSA) is 123 Å². The number of amides is 1. The Morgan fingerprint density at radius 2 is 1.86 bits per heavy atom. The van der Waals surface area contributed by atoms with E-state index < -0.39 is 41.5 Å². The van der Waals surface area contributed by atoms with Crippen LogP contribution in [-0.4, -0.2) is 83.2 Å². The molecular weight excluding hydrogens is 454 g/mol. The number of carbonyl (C=O) groups excluding carboxylic acids is 3. The smallest absolute Gasteiger partial charge is 0.328 e. The summed E-state index contributed by atoms with van der Waals surface area (Å²) in [4.78, 5) is 40.4. The number of nitrogens with zero attached hydrogens (tertiary/aromatic N) is 1. The van der Waals surface area contributed by atoms with Gasteiger partial charge in [0.25, 0.3) is 11.7 Å². The summed E-state index contributed by atoms with van der Waals surface area (Å²) in [5.74, 6) is -4.56. The highest BCUT2D eigenvalue weighted by molar-refractivity contribution is 6.39. The minimum absolute atomic E-state index is 0.116. The first-order valence-electron chi connectivity index (χ1n) is 13.2. The fourth-order valence-corrected chi connectivity index (χ4v) is 5.76. The summed E-state index contributed by atoms with van der Waals surface area (Å²) in [6, 6.07) is -0.838. The molecule has 0 bridgehead atoms. The number of aliphatic hydroxyl groups excluding tert-OH is 1. The van der Waals surface area contributed by atoms with Crippen LogP contribution in [0.25, 0.3) is 0 Å². The van der Waals surface area contributed by atoms with Crippen LogP contribution in [0.5, 0.6) is 0 Å². The predicted octanol–water partition coefficient (Wildman–Crippen LogP) is 2.21. The number of piperidine rings is 1. The number of methoxy groups -OCH3 is 1. The van der Waals surface area contributed by atoms with E-state index in [1.54, 1.807) is 21.0 Å². The highest BCUT2D eigenvalue weighted by Gasteiger charge is 2.52. The quantitative estimate of drug-likeness (QED) is 0.387. The molecule has 2 heterocycles. The molecule has 3 fully saturated rings. The van der Waals surface area contributed by atoms with Crippen LogP contribution in [0.2, 0.25) is 0 Å². The van der Waals surface area contributed by atoms with Crippen molar-refractivity contribution in [3.63, 3.8) is 0 Å². The highest BCUT2D eigenvalue weighted by Crippen LogP contribution is 2.34. The lowest BCUT2D eigenvalue weighted by molar-refractivity contribution is -0.259. The molecule has 1 saturated carbocycles. The largest absolute Gasteiger partial charge is 0.464 e. The van der Waals surface area contributed by atoms with Crippen LogP contribution in [0, 0.1) is 17.8 Å². The zero-order valence-corrected chi connectivity index (χ0v) is 21.6. The first kappa shape index (κ1) is 28.0. The van der Waals surface area contributed by atoms with Gasteiger partial charge in [-0.25, -0.2) is 4.79 Å². The van der Waals surface area contributed by atoms with Crippen molar-refractivity contribution >= 4 is 17.7 Å². The van der Waals surface area contributed by atoms with E-state index in [-0.39, 0.29) is 31.3 Å². The van der Waals surface area contributed by atoms with Crippen LogP contribution in [0.4, 0.5) is 0 Å². The zero-order valence-electron chi connectivity index (χ0n) is 21.6. The summed E-state index contributed by atoms with van der Waals surface area (Å²) in [6.07, 6.45) is 5.48. The molecule has 8 unspecified atom stereocenters. The lowest BCUT2D eigenvalue weighted by atomic mass is 9.80. The number of hydrogen-bond donors (Lipinski definition) is 2. The van der Waals surface area contributed by atoms with E-state index in [1.165, 1.54) is 4.90 Å². The molecule has 8 atom stereocenters. The maximum absolute atomic E-state index is 13.2. The van der Waals surface area contributed by atoms with Crippen molar-refractivity contribution in [3.05, 3.63) is 0 Å². The molecule has 9 heteroatoms. The summed E-state index contributed by atoms with van der Waals surface area (Å²) >= 11 is 0. The average Bonchev–Trinajstić information content (AvgIpc) is 2.85. The van der Waals surface area contributed by atoms with Gasteiger partial charge in [0.2, 0.25) is 5.79 Å². The Labute approximate surface area is 208 Å². The molecule has 3 rings (SSSR count). The minimum Gasteiger partial charge on any atom is -0.464 e. The lowest BCUT2D eigenvalue weighted by Gasteiger charge is -2.41. The van der Waals surface area contributed by atoms with Crippen molar-refractivity contribution in [2.45, 2.75) is 109 Å². The molecule has 1 aliphatic carbocycles.